The zero-order valence-corrected chi connectivity index (χ0v) is 19.2. The van der Waals surface area contributed by atoms with Crippen molar-refractivity contribution in [2.75, 3.05) is 52.4 Å². The molecule has 0 radical (unpaired) electrons. The van der Waals surface area contributed by atoms with Gasteiger partial charge in [0.25, 0.3) is 0 Å². The minimum atomic E-state index is -0.283. The molecule has 4 rings (SSSR count). The summed E-state index contributed by atoms with van der Waals surface area (Å²) in [5.74, 6) is 0.537. The van der Waals surface area contributed by atoms with E-state index in [1.54, 1.807) is 6.07 Å². The normalized spacial score (nSPS) is 25.3. The maximum Gasteiger partial charge on any atom is 0.226 e. The number of amides is 1. The van der Waals surface area contributed by atoms with Crippen molar-refractivity contribution in [3.05, 3.63) is 35.6 Å². The SMILES string of the molecule is CC(C)CN1CCN(C2CCOC3(CCN(C(=O)Cc4cccc(F)c4)CC3)C2)CC1. The molecule has 1 spiro atoms. The predicted octanol–water partition coefficient (Wildman–Crippen LogP) is 3.18. The molecule has 5 nitrogen and oxygen atoms in total. The first-order valence-corrected chi connectivity index (χ1v) is 12.0. The third-order valence-electron chi connectivity index (χ3n) is 7.29. The van der Waals surface area contributed by atoms with Gasteiger partial charge in [0, 0.05) is 58.5 Å². The minimum Gasteiger partial charge on any atom is -0.375 e. The van der Waals surface area contributed by atoms with Crippen molar-refractivity contribution in [1.82, 2.24) is 14.7 Å². The standard InChI is InChI=1S/C25H38FN3O2/c1-20(2)19-27-11-13-28(14-12-27)23-6-15-31-25(18-23)7-9-29(10-8-25)24(30)17-21-4-3-5-22(26)16-21/h3-5,16,20,23H,6-15,17-19H2,1-2H3. The molecule has 1 aromatic carbocycles. The monoisotopic (exact) mass is 431 g/mol. The van der Waals surface area contributed by atoms with Crippen LogP contribution in [0.1, 0.15) is 45.1 Å². The van der Waals surface area contributed by atoms with Crippen molar-refractivity contribution >= 4 is 5.91 Å². The summed E-state index contributed by atoms with van der Waals surface area (Å²) < 4.78 is 19.8. The van der Waals surface area contributed by atoms with Crippen molar-refractivity contribution in [2.45, 2.75) is 57.6 Å². The summed E-state index contributed by atoms with van der Waals surface area (Å²) in [6.45, 7) is 12.8. The lowest BCUT2D eigenvalue weighted by molar-refractivity contribution is -0.149. The highest BCUT2D eigenvalue weighted by atomic mass is 19.1. The van der Waals surface area contributed by atoms with Gasteiger partial charge < -0.3 is 14.5 Å². The molecule has 0 bridgehead atoms. The number of piperidine rings is 1. The van der Waals surface area contributed by atoms with Gasteiger partial charge in [0.05, 0.1) is 12.0 Å². The summed E-state index contributed by atoms with van der Waals surface area (Å²) >= 11 is 0. The zero-order chi connectivity index (χ0) is 21.8. The van der Waals surface area contributed by atoms with Gasteiger partial charge in [-0.1, -0.05) is 26.0 Å². The van der Waals surface area contributed by atoms with Crippen molar-refractivity contribution in [3.8, 4) is 0 Å². The fourth-order valence-electron chi connectivity index (χ4n) is 5.59. The number of rotatable bonds is 5. The molecule has 31 heavy (non-hydrogen) atoms. The van der Waals surface area contributed by atoms with E-state index in [1.165, 1.54) is 31.8 Å². The Balaban J connectivity index is 1.27. The topological polar surface area (TPSA) is 36.0 Å². The number of likely N-dealkylation sites (tertiary alicyclic amines) is 1. The fraction of sp³-hybridized carbons (Fsp3) is 0.720. The molecule has 3 saturated heterocycles. The third kappa shape index (κ3) is 5.85. The minimum absolute atomic E-state index is 0.0758. The van der Waals surface area contributed by atoms with Crippen LogP contribution in [0.25, 0.3) is 0 Å². The van der Waals surface area contributed by atoms with Crippen LogP contribution in [0, 0.1) is 11.7 Å². The summed E-state index contributed by atoms with van der Waals surface area (Å²) in [4.78, 5) is 19.9. The number of benzene rings is 1. The first-order valence-electron chi connectivity index (χ1n) is 12.0. The van der Waals surface area contributed by atoms with Crippen LogP contribution in [-0.2, 0) is 16.0 Å². The molecule has 1 atom stereocenters. The molecule has 3 heterocycles. The van der Waals surface area contributed by atoms with E-state index in [4.69, 9.17) is 4.74 Å². The van der Waals surface area contributed by atoms with E-state index in [0.29, 0.717) is 6.04 Å². The molecule has 3 fully saturated rings. The van der Waals surface area contributed by atoms with Gasteiger partial charge in [0.15, 0.2) is 0 Å². The van der Waals surface area contributed by atoms with Crippen LogP contribution in [0.3, 0.4) is 0 Å². The highest BCUT2D eigenvalue weighted by molar-refractivity contribution is 5.78. The summed E-state index contributed by atoms with van der Waals surface area (Å²) in [7, 11) is 0. The molecule has 1 amide bonds. The number of carbonyl (C=O) groups is 1. The molecule has 0 saturated carbocycles. The van der Waals surface area contributed by atoms with Crippen LogP contribution >= 0.6 is 0 Å². The van der Waals surface area contributed by atoms with Crippen LogP contribution in [-0.4, -0.2) is 84.7 Å². The van der Waals surface area contributed by atoms with Crippen molar-refractivity contribution in [1.29, 1.82) is 0 Å². The van der Waals surface area contributed by atoms with Crippen LogP contribution < -0.4 is 0 Å². The first-order chi connectivity index (χ1) is 14.9. The maximum atomic E-state index is 13.4. The number of halogens is 1. The average molecular weight is 432 g/mol. The zero-order valence-electron chi connectivity index (χ0n) is 19.2. The van der Waals surface area contributed by atoms with Crippen LogP contribution in [0.5, 0.6) is 0 Å². The summed E-state index contributed by atoms with van der Waals surface area (Å²) in [5, 5.41) is 0. The van der Waals surface area contributed by atoms with Crippen LogP contribution in [0.4, 0.5) is 4.39 Å². The lowest BCUT2D eigenvalue weighted by Gasteiger charge is -2.49. The van der Waals surface area contributed by atoms with Gasteiger partial charge >= 0.3 is 0 Å². The Kier molecular flexibility index (Phi) is 7.29. The Labute approximate surface area is 186 Å². The van der Waals surface area contributed by atoms with Gasteiger partial charge in [-0.15, -0.1) is 0 Å². The van der Waals surface area contributed by atoms with E-state index < -0.39 is 0 Å². The van der Waals surface area contributed by atoms with Crippen molar-refractivity contribution in [2.24, 2.45) is 5.92 Å². The molecule has 0 N–H and O–H groups in total. The second kappa shape index (κ2) is 9.97. The van der Waals surface area contributed by atoms with Gasteiger partial charge in [-0.25, -0.2) is 4.39 Å². The lowest BCUT2D eigenvalue weighted by atomic mass is 9.81. The van der Waals surface area contributed by atoms with Crippen molar-refractivity contribution < 1.29 is 13.9 Å². The summed E-state index contributed by atoms with van der Waals surface area (Å²) in [5.41, 5.74) is 0.670. The molecule has 3 aliphatic rings. The Morgan fingerprint density at radius 3 is 2.58 bits per heavy atom. The number of hydrogen-bond acceptors (Lipinski definition) is 4. The van der Waals surface area contributed by atoms with Gasteiger partial charge in [-0.05, 0) is 49.3 Å². The molecule has 3 aliphatic heterocycles. The van der Waals surface area contributed by atoms with Gasteiger partial charge in [0.1, 0.15) is 5.82 Å². The Hall–Kier alpha value is -1.50. The summed E-state index contributed by atoms with van der Waals surface area (Å²) in [6.07, 6.45) is 4.30. The third-order valence-corrected chi connectivity index (χ3v) is 7.29. The molecule has 0 aliphatic carbocycles. The molecule has 6 heteroatoms. The number of hydrogen-bond donors (Lipinski definition) is 0. The lowest BCUT2D eigenvalue weighted by Crippen LogP contribution is -2.57. The highest BCUT2D eigenvalue weighted by Crippen LogP contribution is 2.37. The molecule has 0 aromatic heterocycles. The summed E-state index contributed by atoms with van der Waals surface area (Å²) in [6, 6.07) is 6.97. The Bertz CT molecular complexity index is 740. The van der Waals surface area contributed by atoms with E-state index in [-0.39, 0.29) is 23.7 Å². The van der Waals surface area contributed by atoms with E-state index in [2.05, 4.69) is 23.6 Å². The van der Waals surface area contributed by atoms with Crippen LogP contribution in [0.2, 0.25) is 0 Å². The van der Waals surface area contributed by atoms with E-state index in [0.717, 1.165) is 70.0 Å². The van der Waals surface area contributed by atoms with E-state index in [9.17, 15) is 9.18 Å². The smallest absolute Gasteiger partial charge is 0.226 e. The van der Waals surface area contributed by atoms with Crippen molar-refractivity contribution in [3.63, 3.8) is 0 Å². The van der Waals surface area contributed by atoms with E-state index in [1.807, 2.05) is 11.0 Å². The number of carbonyl (C=O) groups excluding carboxylic acids is 1. The molecular weight excluding hydrogens is 393 g/mol. The van der Waals surface area contributed by atoms with E-state index >= 15 is 0 Å². The largest absolute Gasteiger partial charge is 0.375 e. The van der Waals surface area contributed by atoms with Gasteiger partial charge in [-0.3, -0.25) is 9.69 Å². The van der Waals surface area contributed by atoms with Crippen LogP contribution in [0.15, 0.2) is 24.3 Å². The Morgan fingerprint density at radius 2 is 1.90 bits per heavy atom. The molecule has 172 valence electrons. The maximum absolute atomic E-state index is 13.4. The van der Waals surface area contributed by atoms with Gasteiger partial charge in [-0.2, -0.15) is 0 Å². The fourth-order valence-corrected chi connectivity index (χ4v) is 5.59. The molecular formula is C25H38FN3O2. The number of ether oxygens (including phenoxy) is 1. The number of nitrogens with zero attached hydrogens (tertiary/aromatic N) is 3. The molecule has 1 unspecified atom stereocenters. The molecule has 1 aromatic rings. The van der Waals surface area contributed by atoms with Gasteiger partial charge in [0.2, 0.25) is 5.91 Å². The second-order valence-electron chi connectivity index (χ2n) is 10.1. The predicted molar refractivity (Wildman–Crippen MR) is 120 cm³/mol. The quantitative estimate of drug-likeness (QED) is 0.718. The first kappa shape index (κ1) is 22.7. The second-order valence-corrected chi connectivity index (χ2v) is 10.1. The average Bonchev–Trinajstić information content (AvgIpc) is 2.74. The highest BCUT2D eigenvalue weighted by Gasteiger charge is 2.42. The Morgan fingerprint density at radius 1 is 1.16 bits per heavy atom. The number of piperazine rings is 1.